The number of halogens is 1. The Bertz CT molecular complexity index is 1180. The van der Waals surface area contributed by atoms with Crippen LogP contribution in [0.25, 0.3) is 16.9 Å². The van der Waals surface area contributed by atoms with Crippen molar-refractivity contribution in [2.45, 2.75) is 37.8 Å². The van der Waals surface area contributed by atoms with Gasteiger partial charge in [-0.05, 0) is 56.0 Å². The Balaban J connectivity index is 1.40. The molecule has 0 atom stereocenters. The van der Waals surface area contributed by atoms with Gasteiger partial charge in [0.25, 0.3) is 0 Å². The smallest absolute Gasteiger partial charge is 0.167 e. The van der Waals surface area contributed by atoms with E-state index in [2.05, 4.69) is 30.7 Å². The lowest BCUT2D eigenvalue weighted by atomic mass is 9.92. The zero-order chi connectivity index (χ0) is 21.2. The standard InChI is InChI=1S/C22H23FN8/c23-17-11-14(12-27-22(17)29-19-3-1-2-10-25-19)18-13-26-21-9-8-20(30-31(18)21)28-16-6-4-15(24)5-7-16/h1-3,8-13,15-16H,4-7,24H2,(H,28,30)(H,25,27,29)/t15-,16-. The first-order valence-corrected chi connectivity index (χ1v) is 10.4. The molecule has 158 valence electrons. The summed E-state index contributed by atoms with van der Waals surface area (Å²) >= 11 is 0. The third-order valence-corrected chi connectivity index (χ3v) is 5.53. The fourth-order valence-electron chi connectivity index (χ4n) is 3.85. The van der Waals surface area contributed by atoms with E-state index in [0.29, 0.717) is 34.8 Å². The number of fused-ring (bicyclic) bond motifs is 1. The first-order valence-electron chi connectivity index (χ1n) is 10.4. The molecule has 0 bridgehead atoms. The molecule has 0 radical (unpaired) electrons. The Morgan fingerprint density at radius 2 is 1.84 bits per heavy atom. The molecule has 1 fully saturated rings. The molecule has 31 heavy (non-hydrogen) atoms. The summed E-state index contributed by atoms with van der Waals surface area (Å²) in [6, 6.07) is 11.2. The van der Waals surface area contributed by atoms with Crippen molar-refractivity contribution in [3.8, 4) is 11.3 Å². The molecule has 1 aliphatic carbocycles. The Hall–Kier alpha value is -3.59. The molecule has 1 saturated carbocycles. The largest absolute Gasteiger partial charge is 0.366 e. The summed E-state index contributed by atoms with van der Waals surface area (Å²) in [4.78, 5) is 12.8. The van der Waals surface area contributed by atoms with Crippen LogP contribution in [0.15, 0.2) is 55.0 Å². The summed E-state index contributed by atoms with van der Waals surface area (Å²) < 4.78 is 16.4. The first kappa shape index (κ1) is 19.4. The molecule has 5 rings (SSSR count). The van der Waals surface area contributed by atoms with E-state index in [1.807, 2.05) is 18.2 Å². The highest BCUT2D eigenvalue weighted by Gasteiger charge is 2.19. The third-order valence-electron chi connectivity index (χ3n) is 5.53. The summed E-state index contributed by atoms with van der Waals surface area (Å²) in [6.45, 7) is 0. The monoisotopic (exact) mass is 418 g/mol. The van der Waals surface area contributed by atoms with Gasteiger partial charge in [0.1, 0.15) is 11.6 Å². The Morgan fingerprint density at radius 1 is 0.968 bits per heavy atom. The van der Waals surface area contributed by atoms with Gasteiger partial charge in [-0.1, -0.05) is 6.07 Å². The minimum absolute atomic E-state index is 0.113. The van der Waals surface area contributed by atoms with Crippen LogP contribution in [0.2, 0.25) is 0 Å². The maximum absolute atomic E-state index is 14.7. The number of nitrogens with two attached hydrogens (primary N) is 1. The number of hydrogen-bond donors (Lipinski definition) is 3. The van der Waals surface area contributed by atoms with E-state index in [0.717, 1.165) is 31.5 Å². The third kappa shape index (κ3) is 4.17. The van der Waals surface area contributed by atoms with Crippen molar-refractivity contribution in [1.82, 2.24) is 24.6 Å². The highest BCUT2D eigenvalue weighted by Crippen LogP contribution is 2.25. The second kappa shape index (κ2) is 8.27. The Kier molecular flexibility index (Phi) is 5.17. The van der Waals surface area contributed by atoms with Crippen LogP contribution in [-0.2, 0) is 0 Å². The zero-order valence-corrected chi connectivity index (χ0v) is 16.9. The van der Waals surface area contributed by atoms with Crippen molar-refractivity contribution in [2.24, 2.45) is 5.73 Å². The second-order valence-corrected chi connectivity index (χ2v) is 7.78. The van der Waals surface area contributed by atoms with Gasteiger partial charge in [-0.3, -0.25) is 0 Å². The van der Waals surface area contributed by atoms with Crippen molar-refractivity contribution in [3.63, 3.8) is 0 Å². The van der Waals surface area contributed by atoms with Gasteiger partial charge in [0, 0.05) is 30.0 Å². The molecule has 0 aliphatic heterocycles. The molecule has 0 amide bonds. The van der Waals surface area contributed by atoms with Gasteiger partial charge in [0.05, 0.1) is 11.9 Å². The summed E-state index contributed by atoms with van der Waals surface area (Å²) in [5, 5.41) is 11.1. The molecule has 0 unspecified atom stereocenters. The van der Waals surface area contributed by atoms with Crippen LogP contribution in [0.3, 0.4) is 0 Å². The minimum atomic E-state index is -0.481. The SMILES string of the molecule is N[C@H]1CC[C@H](Nc2ccc3ncc(-c4cnc(Nc5ccccn5)c(F)c4)n3n2)CC1. The molecular formula is C22H23FN8. The molecule has 4 N–H and O–H groups in total. The van der Waals surface area contributed by atoms with Crippen molar-refractivity contribution in [1.29, 1.82) is 0 Å². The highest BCUT2D eigenvalue weighted by molar-refractivity contribution is 5.65. The van der Waals surface area contributed by atoms with E-state index in [4.69, 9.17) is 5.73 Å². The number of rotatable bonds is 5. The Labute approximate surface area is 178 Å². The number of anilines is 3. The van der Waals surface area contributed by atoms with E-state index >= 15 is 0 Å². The normalized spacial score (nSPS) is 18.8. The molecular weight excluding hydrogens is 395 g/mol. The lowest BCUT2D eigenvalue weighted by molar-refractivity contribution is 0.410. The fourth-order valence-corrected chi connectivity index (χ4v) is 3.85. The number of hydrogen-bond acceptors (Lipinski definition) is 7. The summed E-state index contributed by atoms with van der Waals surface area (Å²) in [5.41, 5.74) is 7.94. The molecule has 4 aromatic heterocycles. The second-order valence-electron chi connectivity index (χ2n) is 7.78. The molecule has 8 nitrogen and oxygen atoms in total. The molecule has 4 heterocycles. The van der Waals surface area contributed by atoms with Gasteiger partial charge >= 0.3 is 0 Å². The topological polar surface area (TPSA) is 106 Å². The van der Waals surface area contributed by atoms with Crippen LogP contribution in [0.1, 0.15) is 25.7 Å². The number of pyridine rings is 2. The van der Waals surface area contributed by atoms with Crippen LogP contribution in [0.4, 0.5) is 21.8 Å². The van der Waals surface area contributed by atoms with E-state index in [-0.39, 0.29) is 5.82 Å². The van der Waals surface area contributed by atoms with Crippen molar-refractivity contribution < 1.29 is 4.39 Å². The molecule has 0 aromatic carbocycles. The average Bonchev–Trinajstić information content (AvgIpc) is 3.21. The van der Waals surface area contributed by atoms with E-state index < -0.39 is 5.82 Å². The molecule has 9 heteroatoms. The lowest BCUT2D eigenvalue weighted by Crippen LogP contribution is -2.33. The summed E-state index contributed by atoms with van der Waals surface area (Å²) in [6.07, 6.45) is 8.98. The van der Waals surface area contributed by atoms with Gasteiger partial charge in [0.15, 0.2) is 17.3 Å². The van der Waals surface area contributed by atoms with Crippen LogP contribution < -0.4 is 16.4 Å². The van der Waals surface area contributed by atoms with E-state index in [1.165, 1.54) is 6.07 Å². The van der Waals surface area contributed by atoms with Gasteiger partial charge in [-0.2, -0.15) is 0 Å². The van der Waals surface area contributed by atoms with Gasteiger partial charge in [-0.15, -0.1) is 5.10 Å². The average molecular weight is 418 g/mol. The molecule has 4 aromatic rings. The summed E-state index contributed by atoms with van der Waals surface area (Å²) in [5.74, 6) is 0.916. The van der Waals surface area contributed by atoms with Crippen LogP contribution in [-0.4, -0.2) is 36.6 Å². The maximum atomic E-state index is 14.7. The molecule has 0 spiro atoms. The number of nitrogens with zero attached hydrogens (tertiary/aromatic N) is 5. The van der Waals surface area contributed by atoms with Crippen LogP contribution in [0, 0.1) is 5.82 Å². The van der Waals surface area contributed by atoms with E-state index in [1.54, 1.807) is 35.2 Å². The predicted molar refractivity (Wildman–Crippen MR) is 118 cm³/mol. The van der Waals surface area contributed by atoms with Crippen LogP contribution >= 0.6 is 0 Å². The zero-order valence-electron chi connectivity index (χ0n) is 16.9. The fraction of sp³-hybridized carbons (Fsp3) is 0.273. The first-order chi connectivity index (χ1) is 15.2. The number of aromatic nitrogens is 5. The quantitative estimate of drug-likeness (QED) is 0.453. The number of imidazole rings is 1. The van der Waals surface area contributed by atoms with Crippen molar-refractivity contribution in [2.75, 3.05) is 10.6 Å². The van der Waals surface area contributed by atoms with Gasteiger partial charge in [-0.25, -0.2) is 23.9 Å². The van der Waals surface area contributed by atoms with Gasteiger partial charge in [0.2, 0.25) is 0 Å². The molecule has 1 aliphatic rings. The highest BCUT2D eigenvalue weighted by atomic mass is 19.1. The lowest BCUT2D eigenvalue weighted by Gasteiger charge is -2.27. The molecule has 0 saturated heterocycles. The maximum Gasteiger partial charge on any atom is 0.167 e. The van der Waals surface area contributed by atoms with E-state index in [9.17, 15) is 4.39 Å². The number of nitrogens with one attached hydrogen (secondary N) is 2. The summed E-state index contributed by atoms with van der Waals surface area (Å²) in [7, 11) is 0. The Morgan fingerprint density at radius 3 is 2.61 bits per heavy atom. The van der Waals surface area contributed by atoms with Gasteiger partial charge < -0.3 is 16.4 Å². The van der Waals surface area contributed by atoms with Crippen molar-refractivity contribution >= 4 is 23.1 Å². The minimum Gasteiger partial charge on any atom is -0.366 e. The predicted octanol–water partition coefficient (Wildman–Crippen LogP) is 3.75. The van der Waals surface area contributed by atoms with Crippen molar-refractivity contribution in [3.05, 3.63) is 60.8 Å². The van der Waals surface area contributed by atoms with Crippen LogP contribution in [0.5, 0.6) is 0 Å².